The molecular weight excluding hydrogens is 394 g/mol. The maximum absolute atomic E-state index is 13.0. The predicted octanol–water partition coefficient (Wildman–Crippen LogP) is 2.74. The van der Waals surface area contributed by atoms with E-state index in [1.807, 2.05) is 62.3 Å². The highest BCUT2D eigenvalue weighted by Gasteiger charge is 2.45. The van der Waals surface area contributed by atoms with Crippen LogP contribution in [0.1, 0.15) is 17.2 Å². The number of likely N-dealkylation sites (tertiary alicyclic amines) is 1. The van der Waals surface area contributed by atoms with E-state index < -0.39 is 17.7 Å². The third-order valence-electron chi connectivity index (χ3n) is 5.40. The Bertz CT molecular complexity index is 996. The molecule has 0 aliphatic carbocycles. The van der Waals surface area contributed by atoms with Crippen LogP contribution in [0.25, 0.3) is 5.76 Å². The lowest BCUT2D eigenvalue weighted by Gasteiger charge is -2.27. The largest absolute Gasteiger partial charge is 0.507 e. The molecule has 1 amide bonds. The molecule has 0 bridgehead atoms. The van der Waals surface area contributed by atoms with Crippen molar-refractivity contribution in [3.05, 3.63) is 65.2 Å². The van der Waals surface area contributed by atoms with Crippen LogP contribution in [0, 0.1) is 0 Å². The van der Waals surface area contributed by atoms with Crippen molar-refractivity contribution in [3.63, 3.8) is 0 Å². The SMILES string of the molecule is COc1cccc(C(O)=C2C(=O)C(=O)N(CCN(C)C)C2c2ccc(N(C)C)cc2)c1. The molecule has 1 aliphatic rings. The normalized spacial score (nSPS) is 18.0. The molecule has 0 saturated carbocycles. The minimum atomic E-state index is -0.680. The first-order valence-corrected chi connectivity index (χ1v) is 10.1. The number of aliphatic hydroxyl groups excluding tert-OH is 1. The maximum atomic E-state index is 13.0. The molecule has 1 fully saturated rings. The van der Waals surface area contributed by atoms with Crippen LogP contribution in [0.4, 0.5) is 5.69 Å². The van der Waals surface area contributed by atoms with E-state index in [1.165, 1.54) is 7.11 Å². The van der Waals surface area contributed by atoms with Crippen LogP contribution < -0.4 is 9.64 Å². The number of Topliss-reactive ketones (excluding diaryl/α,β-unsaturated/α-hetero) is 1. The third kappa shape index (κ3) is 4.56. The Hall–Kier alpha value is -3.32. The van der Waals surface area contributed by atoms with Gasteiger partial charge in [0.1, 0.15) is 11.5 Å². The van der Waals surface area contributed by atoms with Crippen LogP contribution in [-0.2, 0) is 9.59 Å². The second-order valence-corrected chi connectivity index (χ2v) is 8.01. The molecule has 1 heterocycles. The number of rotatable bonds is 7. The number of anilines is 1. The fraction of sp³-hybridized carbons (Fsp3) is 0.333. The first kappa shape index (κ1) is 22.4. The molecule has 1 unspecified atom stereocenters. The van der Waals surface area contributed by atoms with E-state index >= 15 is 0 Å². The van der Waals surface area contributed by atoms with E-state index in [9.17, 15) is 14.7 Å². The number of ketones is 1. The van der Waals surface area contributed by atoms with E-state index in [0.29, 0.717) is 24.4 Å². The van der Waals surface area contributed by atoms with Gasteiger partial charge in [-0.2, -0.15) is 0 Å². The minimum absolute atomic E-state index is 0.0922. The van der Waals surface area contributed by atoms with Gasteiger partial charge in [0, 0.05) is 38.4 Å². The van der Waals surface area contributed by atoms with Crippen LogP contribution >= 0.6 is 0 Å². The summed E-state index contributed by atoms with van der Waals surface area (Å²) in [6.07, 6.45) is 0. The summed E-state index contributed by atoms with van der Waals surface area (Å²) in [6.45, 7) is 0.963. The molecule has 31 heavy (non-hydrogen) atoms. The molecule has 2 aromatic rings. The van der Waals surface area contributed by atoms with Crippen LogP contribution in [-0.4, -0.2) is 75.0 Å². The molecule has 1 N–H and O–H groups in total. The van der Waals surface area contributed by atoms with Crippen molar-refractivity contribution >= 4 is 23.1 Å². The number of nitrogens with zero attached hydrogens (tertiary/aromatic N) is 3. The molecule has 1 saturated heterocycles. The minimum Gasteiger partial charge on any atom is -0.507 e. The molecule has 1 atom stereocenters. The Balaban J connectivity index is 2.13. The number of carbonyl (C=O) groups is 2. The predicted molar refractivity (Wildman–Crippen MR) is 121 cm³/mol. The zero-order valence-corrected chi connectivity index (χ0v) is 18.6. The molecule has 7 heteroatoms. The van der Waals surface area contributed by atoms with Crippen molar-refractivity contribution in [1.29, 1.82) is 0 Å². The highest BCUT2D eigenvalue weighted by atomic mass is 16.5. The van der Waals surface area contributed by atoms with Gasteiger partial charge >= 0.3 is 0 Å². The number of benzene rings is 2. The summed E-state index contributed by atoms with van der Waals surface area (Å²) in [6, 6.07) is 13.8. The maximum Gasteiger partial charge on any atom is 0.295 e. The third-order valence-corrected chi connectivity index (χ3v) is 5.40. The van der Waals surface area contributed by atoms with Crippen molar-refractivity contribution in [2.24, 2.45) is 0 Å². The standard InChI is InChI=1S/C24H29N3O4/c1-25(2)13-14-27-21(16-9-11-18(12-10-16)26(3)4)20(23(29)24(27)30)22(28)17-7-6-8-19(15-17)31-5/h6-12,15,21,28H,13-14H2,1-5H3. The average molecular weight is 424 g/mol. The Labute approximate surface area is 183 Å². The summed E-state index contributed by atoms with van der Waals surface area (Å²) < 4.78 is 5.24. The Kier molecular flexibility index (Phi) is 6.65. The Morgan fingerprint density at radius 3 is 2.32 bits per heavy atom. The summed E-state index contributed by atoms with van der Waals surface area (Å²) in [7, 11) is 9.25. The molecular formula is C24H29N3O4. The van der Waals surface area contributed by atoms with Gasteiger partial charge in [-0.3, -0.25) is 9.59 Å². The zero-order valence-electron chi connectivity index (χ0n) is 18.6. The zero-order chi connectivity index (χ0) is 22.7. The number of hydrogen-bond acceptors (Lipinski definition) is 6. The second-order valence-electron chi connectivity index (χ2n) is 8.01. The molecule has 0 spiro atoms. The van der Waals surface area contributed by atoms with Crippen molar-refractivity contribution < 1.29 is 19.4 Å². The highest BCUT2D eigenvalue weighted by Crippen LogP contribution is 2.40. The average Bonchev–Trinajstić information content (AvgIpc) is 3.01. The summed E-state index contributed by atoms with van der Waals surface area (Å²) in [4.78, 5) is 31.4. The van der Waals surface area contributed by atoms with Crippen LogP contribution in [0.3, 0.4) is 0 Å². The Morgan fingerprint density at radius 2 is 1.74 bits per heavy atom. The van der Waals surface area contributed by atoms with Gasteiger partial charge in [0.2, 0.25) is 0 Å². The lowest BCUT2D eigenvalue weighted by atomic mass is 9.95. The van der Waals surface area contributed by atoms with E-state index in [-0.39, 0.29) is 11.3 Å². The summed E-state index contributed by atoms with van der Waals surface area (Å²) in [5.74, 6) is -0.933. The van der Waals surface area contributed by atoms with Gasteiger partial charge in [0.15, 0.2) is 0 Å². The number of amides is 1. The monoisotopic (exact) mass is 423 g/mol. The van der Waals surface area contributed by atoms with E-state index in [4.69, 9.17) is 4.74 Å². The number of hydrogen-bond donors (Lipinski definition) is 1. The smallest absolute Gasteiger partial charge is 0.295 e. The molecule has 0 radical (unpaired) electrons. The molecule has 0 aromatic heterocycles. The van der Waals surface area contributed by atoms with Crippen LogP contribution in [0.15, 0.2) is 54.1 Å². The fourth-order valence-corrected chi connectivity index (χ4v) is 3.65. The number of methoxy groups -OCH3 is 1. The topological polar surface area (TPSA) is 73.3 Å². The van der Waals surface area contributed by atoms with Crippen LogP contribution in [0.5, 0.6) is 5.75 Å². The van der Waals surface area contributed by atoms with Crippen molar-refractivity contribution in [2.45, 2.75) is 6.04 Å². The first-order valence-electron chi connectivity index (χ1n) is 10.1. The lowest BCUT2D eigenvalue weighted by molar-refractivity contribution is -0.140. The molecule has 1 aliphatic heterocycles. The molecule has 7 nitrogen and oxygen atoms in total. The van der Waals surface area contributed by atoms with Gasteiger partial charge in [-0.05, 0) is 43.9 Å². The first-order chi connectivity index (χ1) is 14.7. The fourth-order valence-electron chi connectivity index (χ4n) is 3.65. The lowest BCUT2D eigenvalue weighted by Crippen LogP contribution is -2.35. The van der Waals surface area contributed by atoms with E-state index in [2.05, 4.69) is 0 Å². The number of ether oxygens (including phenoxy) is 1. The number of carbonyl (C=O) groups excluding carboxylic acids is 2. The quantitative estimate of drug-likeness (QED) is 0.419. The van der Waals surface area contributed by atoms with Crippen molar-refractivity contribution in [2.75, 3.05) is 53.3 Å². The van der Waals surface area contributed by atoms with Gasteiger partial charge < -0.3 is 24.5 Å². The van der Waals surface area contributed by atoms with Crippen molar-refractivity contribution in [3.8, 4) is 5.75 Å². The highest BCUT2D eigenvalue weighted by molar-refractivity contribution is 6.46. The van der Waals surface area contributed by atoms with E-state index in [1.54, 1.807) is 29.2 Å². The molecule has 164 valence electrons. The molecule has 2 aromatic carbocycles. The Morgan fingerprint density at radius 1 is 1.06 bits per heavy atom. The summed E-state index contributed by atoms with van der Waals surface area (Å²) in [5.41, 5.74) is 2.30. The second kappa shape index (κ2) is 9.22. The molecule has 3 rings (SSSR count). The van der Waals surface area contributed by atoms with Gasteiger partial charge in [0.05, 0.1) is 18.7 Å². The van der Waals surface area contributed by atoms with Gasteiger partial charge in [-0.25, -0.2) is 0 Å². The number of likely N-dealkylation sites (N-methyl/N-ethyl adjacent to an activating group) is 1. The summed E-state index contributed by atoms with van der Waals surface area (Å²) in [5, 5.41) is 11.1. The van der Waals surface area contributed by atoms with Gasteiger partial charge in [-0.1, -0.05) is 24.3 Å². The van der Waals surface area contributed by atoms with Crippen LogP contribution in [0.2, 0.25) is 0 Å². The van der Waals surface area contributed by atoms with Gasteiger partial charge in [0.25, 0.3) is 11.7 Å². The summed E-state index contributed by atoms with van der Waals surface area (Å²) >= 11 is 0. The van der Waals surface area contributed by atoms with Gasteiger partial charge in [-0.15, -0.1) is 0 Å². The number of aliphatic hydroxyl groups is 1. The van der Waals surface area contributed by atoms with Crippen molar-refractivity contribution in [1.82, 2.24) is 9.80 Å². The van der Waals surface area contributed by atoms with E-state index in [0.717, 1.165) is 11.3 Å².